The lowest BCUT2D eigenvalue weighted by atomic mass is 9.93. The normalized spacial score (nSPS) is 14.0. The molecular formula is C21H18F3N3O3. The number of aromatic nitrogens is 2. The third-order valence-corrected chi connectivity index (χ3v) is 5.04. The van der Waals surface area contributed by atoms with Crippen molar-refractivity contribution in [1.29, 1.82) is 0 Å². The van der Waals surface area contributed by atoms with Crippen LogP contribution in [0.15, 0.2) is 36.7 Å². The van der Waals surface area contributed by atoms with E-state index in [-0.39, 0.29) is 24.3 Å². The summed E-state index contributed by atoms with van der Waals surface area (Å²) < 4.78 is 49.0. The number of fused-ring (bicyclic) bond motifs is 2. The Kier molecular flexibility index (Phi) is 4.97. The molecule has 0 atom stereocenters. The summed E-state index contributed by atoms with van der Waals surface area (Å²) in [5, 5.41) is 0.779. The van der Waals surface area contributed by atoms with E-state index >= 15 is 0 Å². The molecule has 1 aliphatic heterocycles. The van der Waals surface area contributed by atoms with Gasteiger partial charge in [-0.3, -0.25) is 4.79 Å². The minimum Gasteiger partial charge on any atom is -0.497 e. The first-order valence-corrected chi connectivity index (χ1v) is 9.17. The maximum atomic E-state index is 12.8. The van der Waals surface area contributed by atoms with Crippen LogP contribution in [0.5, 0.6) is 11.5 Å². The third-order valence-electron chi connectivity index (χ3n) is 5.04. The molecule has 1 aromatic heterocycles. The molecule has 156 valence electrons. The zero-order valence-corrected chi connectivity index (χ0v) is 16.3. The molecular weight excluding hydrogens is 399 g/mol. The second-order valence-corrected chi connectivity index (χ2v) is 6.91. The van der Waals surface area contributed by atoms with Gasteiger partial charge in [-0.15, -0.1) is 0 Å². The van der Waals surface area contributed by atoms with Crippen LogP contribution in [0.3, 0.4) is 0 Å². The second-order valence-electron chi connectivity index (χ2n) is 6.91. The number of carbonyl (C=O) groups excluding carboxylic acids is 1. The average molecular weight is 417 g/mol. The van der Waals surface area contributed by atoms with Crippen LogP contribution < -0.4 is 9.47 Å². The molecule has 2 aromatic carbocycles. The van der Waals surface area contributed by atoms with Crippen LogP contribution in [0.4, 0.5) is 13.2 Å². The summed E-state index contributed by atoms with van der Waals surface area (Å²) in [6.07, 6.45) is -2.74. The van der Waals surface area contributed by atoms with Crippen LogP contribution >= 0.6 is 0 Å². The first-order valence-electron chi connectivity index (χ1n) is 9.17. The number of benzene rings is 2. The van der Waals surface area contributed by atoms with E-state index in [0.29, 0.717) is 28.1 Å². The maximum Gasteiger partial charge on any atom is 0.406 e. The first kappa shape index (κ1) is 19.9. The van der Waals surface area contributed by atoms with Crippen molar-refractivity contribution in [2.24, 2.45) is 0 Å². The molecule has 0 spiro atoms. The molecule has 0 unspecified atom stereocenters. The van der Waals surface area contributed by atoms with Crippen molar-refractivity contribution in [3.05, 3.63) is 47.8 Å². The van der Waals surface area contributed by atoms with Crippen molar-refractivity contribution in [3.63, 3.8) is 0 Å². The second kappa shape index (κ2) is 7.47. The number of hydrogen-bond donors (Lipinski definition) is 0. The van der Waals surface area contributed by atoms with Crippen LogP contribution in [0.2, 0.25) is 0 Å². The van der Waals surface area contributed by atoms with Crippen molar-refractivity contribution in [2.45, 2.75) is 12.6 Å². The fourth-order valence-electron chi connectivity index (χ4n) is 3.69. The predicted molar refractivity (Wildman–Crippen MR) is 104 cm³/mol. The number of ether oxygens (including phenoxy) is 2. The third kappa shape index (κ3) is 3.62. The Balaban J connectivity index is 1.80. The molecule has 4 rings (SSSR count). The van der Waals surface area contributed by atoms with Crippen molar-refractivity contribution in [3.8, 4) is 22.8 Å². The molecule has 0 radical (unpaired) electrons. The number of nitrogens with zero attached hydrogens (tertiary/aromatic N) is 3. The monoisotopic (exact) mass is 417 g/mol. The number of halogens is 3. The maximum absolute atomic E-state index is 12.8. The highest BCUT2D eigenvalue weighted by atomic mass is 19.4. The van der Waals surface area contributed by atoms with Gasteiger partial charge in [-0.25, -0.2) is 9.97 Å². The van der Waals surface area contributed by atoms with E-state index in [1.807, 2.05) is 6.07 Å². The van der Waals surface area contributed by atoms with Crippen LogP contribution in [0, 0.1) is 0 Å². The molecule has 6 nitrogen and oxygen atoms in total. The summed E-state index contributed by atoms with van der Waals surface area (Å²) in [5.74, 6) is 0.194. The largest absolute Gasteiger partial charge is 0.497 e. The smallest absolute Gasteiger partial charge is 0.406 e. The quantitative estimate of drug-likeness (QED) is 0.645. The van der Waals surface area contributed by atoms with Crippen molar-refractivity contribution in [1.82, 2.24) is 14.9 Å². The molecule has 0 aliphatic carbocycles. The lowest BCUT2D eigenvalue weighted by Crippen LogP contribution is -2.43. The number of methoxy groups -OCH3 is 2. The molecule has 0 saturated heterocycles. The van der Waals surface area contributed by atoms with Crippen molar-refractivity contribution >= 4 is 16.8 Å². The number of carbonyl (C=O) groups is 1. The summed E-state index contributed by atoms with van der Waals surface area (Å²) in [4.78, 5) is 22.2. The van der Waals surface area contributed by atoms with E-state index in [1.165, 1.54) is 13.4 Å². The van der Waals surface area contributed by atoms with Gasteiger partial charge in [0.15, 0.2) is 0 Å². The fraction of sp³-hybridized carbons (Fsp3) is 0.286. The molecule has 0 N–H and O–H groups in total. The minimum absolute atomic E-state index is 0.0142. The van der Waals surface area contributed by atoms with E-state index in [2.05, 4.69) is 9.97 Å². The first-order chi connectivity index (χ1) is 14.3. The van der Waals surface area contributed by atoms with Gasteiger partial charge in [-0.05, 0) is 36.2 Å². The Bertz CT molecular complexity index is 1110. The van der Waals surface area contributed by atoms with Gasteiger partial charge >= 0.3 is 6.18 Å². The van der Waals surface area contributed by atoms with Gasteiger partial charge in [0.2, 0.25) is 0 Å². The van der Waals surface area contributed by atoms with E-state index in [0.717, 1.165) is 10.3 Å². The van der Waals surface area contributed by atoms with Gasteiger partial charge in [0, 0.05) is 23.6 Å². The molecule has 1 amide bonds. The predicted octanol–water partition coefficient (Wildman–Crippen LogP) is 3.87. The highest BCUT2D eigenvalue weighted by Crippen LogP contribution is 2.36. The van der Waals surface area contributed by atoms with Crippen LogP contribution in [-0.4, -0.2) is 54.3 Å². The summed E-state index contributed by atoms with van der Waals surface area (Å²) in [7, 11) is 2.95. The fourth-order valence-corrected chi connectivity index (χ4v) is 3.69. The van der Waals surface area contributed by atoms with Crippen LogP contribution in [0.1, 0.15) is 15.9 Å². The summed E-state index contributed by atoms with van der Waals surface area (Å²) in [6, 6.07) is 8.83. The van der Waals surface area contributed by atoms with Crippen LogP contribution in [0.25, 0.3) is 22.2 Å². The summed E-state index contributed by atoms with van der Waals surface area (Å²) in [5.41, 5.74) is 2.81. The SMILES string of the molecule is COc1ccc2c(-c3cc4c(c(OC)c3)C(=O)N(CC(F)(F)F)CC4)ncnc2c1. The van der Waals surface area contributed by atoms with Crippen molar-refractivity contribution in [2.75, 3.05) is 27.3 Å². The Morgan fingerprint density at radius 3 is 2.60 bits per heavy atom. The van der Waals surface area contributed by atoms with Gasteiger partial charge in [-0.1, -0.05) is 0 Å². The number of alkyl halides is 3. The number of amides is 1. The number of hydrogen-bond acceptors (Lipinski definition) is 5. The Morgan fingerprint density at radius 2 is 1.90 bits per heavy atom. The van der Waals surface area contributed by atoms with E-state index < -0.39 is 18.6 Å². The van der Waals surface area contributed by atoms with E-state index in [4.69, 9.17) is 9.47 Å². The molecule has 0 fully saturated rings. The molecule has 0 saturated carbocycles. The zero-order chi connectivity index (χ0) is 21.5. The van der Waals surface area contributed by atoms with Crippen LogP contribution in [-0.2, 0) is 6.42 Å². The van der Waals surface area contributed by atoms with Gasteiger partial charge in [-0.2, -0.15) is 13.2 Å². The zero-order valence-electron chi connectivity index (χ0n) is 16.3. The van der Waals surface area contributed by atoms with Gasteiger partial charge in [0.1, 0.15) is 24.4 Å². The molecule has 2 heterocycles. The Morgan fingerprint density at radius 1 is 1.10 bits per heavy atom. The van der Waals surface area contributed by atoms with Crippen molar-refractivity contribution < 1.29 is 27.4 Å². The topological polar surface area (TPSA) is 64.6 Å². The van der Waals surface area contributed by atoms with Gasteiger partial charge in [0.05, 0.1) is 31.0 Å². The van der Waals surface area contributed by atoms with Gasteiger partial charge in [0.25, 0.3) is 5.91 Å². The lowest BCUT2D eigenvalue weighted by Gasteiger charge is -2.30. The lowest BCUT2D eigenvalue weighted by molar-refractivity contribution is -0.141. The Hall–Kier alpha value is -3.36. The molecule has 3 aromatic rings. The molecule has 30 heavy (non-hydrogen) atoms. The Labute approximate surface area is 170 Å². The molecule has 1 aliphatic rings. The standard InChI is InChI=1S/C21H18F3N3O3/c1-29-14-3-4-15-16(9-14)25-11-26-19(15)13-7-12-5-6-27(10-21(22,23)24)20(28)18(12)17(8-13)30-2/h3-4,7-9,11H,5-6,10H2,1-2H3. The molecule has 9 heteroatoms. The number of rotatable bonds is 4. The van der Waals surface area contributed by atoms with E-state index in [1.54, 1.807) is 31.4 Å². The highest BCUT2D eigenvalue weighted by Gasteiger charge is 2.37. The summed E-state index contributed by atoms with van der Waals surface area (Å²) in [6.45, 7) is -1.30. The summed E-state index contributed by atoms with van der Waals surface area (Å²) >= 11 is 0. The average Bonchev–Trinajstić information content (AvgIpc) is 2.73. The molecule has 0 bridgehead atoms. The van der Waals surface area contributed by atoms with Gasteiger partial charge < -0.3 is 14.4 Å². The van der Waals surface area contributed by atoms with E-state index in [9.17, 15) is 18.0 Å². The minimum atomic E-state index is -4.46. The highest BCUT2D eigenvalue weighted by molar-refractivity contribution is 6.01.